The van der Waals surface area contributed by atoms with Crippen LogP contribution in [0.25, 0.3) is 0 Å². The van der Waals surface area contributed by atoms with Gasteiger partial charge in [0.05, 0.1) is 4.90 Å². The molecule has 1 aliphatic carbocycles. The van der Waals surface area contributed by atoms with E-state index >= 15 is 0 Å². The van der Waals surface area contributed by atoms with E-state index in [1.165, 1.54) is 22.0 Å². The van der Waals surface area contributed by atoms with E-state index in [9.17, 15) is 17.6 Å². The topological polar surface area (TPSA) is 57.7 Å². The third-order valence-electron chi connectivity index (χ3n) is 7.34. The van der Waals surface area contributed by atoms with E-state index in [0.29, 0.717) is 18.7 Å². The van der Waals surface area contributed by atoms with Crippen molar-refractivity contribution in [2.75, 3.05) is 6.54 Å². The fraction of sp³-hybridized carbons (Fsp3) is 0.367. The summed E-state index contributed by atoms with van der Waals surface area (Å²) in [6, 6.07) is 21.8. The summed E-state index contributed by atoms with van der Waals surface area (Å²) < 4.78 is 43.0. The van der Waals surface area contributed by atoms with Crippen LogP contribution >= 0.6 is 0 Å². The van der Waals surface area contributed by atoms with Crippen molar-refractivity contribution in [3.05, 3.63) is 101 Å². The lowest BCUT2D eigenvalue weighted by Crippen LogP contribution is -2.40. The van der Waals surface area contributed by atoms with E-state index in [0.717, 1.165) is 49.3 Å². The monoisotopic (exact) mass is 522 g/mol. The number of hydrogen-bond donors (Lipinski definition) is 0. The molecule has 1 aliphatic rings. The molecule has 0 saturated heterocycles. The van der Waals surface area contributed by atoms with Crippen LogP contribution in [0.3, 0.4) is 0 Å². The van der Waals surface area contributed by atoms with Crippen molar-refractivity contribution in [3.63, 3.8) is 0 Å². The molecule has 0 N–H and O–H groups in total. The molecule has 0 spiro atoms. The minimum absolute atomic E-state index is 0.0161. The van der Waals surface area contributed by atoms with E-state index in [2.05, 4.69) is 24.3 Å². The molecular weight excluding hydrogens is 487 g/mol. The highest BCUT2D eigenvalue weighted by molar-refractivity contribution is 7.89. The second-order valence-electron chi connectivity index (χ2n) is 10.1. The normalized spacial score (nSPS) is 18.1. The van der Waals surface area contributed by atoms with Gasteiger partial charge in [-0.25, -0.2) is 12.8 Å². The van der Waals surface area contributed by atoms with Crippen LogP contribution < -0.4 is 0 Å². The third kappa shape index (κ3) is 6.84. The van der Waals surface area contributed by atoms with Crippen molar-refractivity contribution in [2.45, 2.75) is 63.6 Å². The minimum Gasteiger partial charge on any atom is -0.338 e. The Morgan fingerprint density at radius 3 is 2.16 bits per heavy atom. The molecule has 0 atom stereocenters. The molecule has 0 aliphatic heterocycles. The lowest BCUT2D eigenvalue weighted by Gasteiger charge is -2.36. The molecule has 5 nitrogen and oxygen atoms in total. The Bertz CT molecular complexity index is 1290. The Morgan fingerprint density at radius 1 is 0.865 bits per heavy atom. The predicted molar refractivity (Wildman–Crippen MR) is 144 cm³/mol. The number of benzene rings is 3. The fourth-order valence-corrected chi connectivity index (χ4v) is 6.87. The third-order valence-corrected chi connectivity index (χ3v) is 9.29. The van der Waals surface area contributed by atoms with Crippen molar-refractivity contribution in [2.24, 2.45) is 5.92 Å². The summed E-state index contributed by atoms with van der Waals surface area (Å²) >= 11 is 0. The molecule has 7 heteroatoms. The molecule has 37 heavy (non-hydrogen) atoms. The van der Waals surface area contributed by atoms with Crippen LogP contribution in [0.2, 0.25) is 0 Å². The number of hydrogen-bond acceptors (Lipinski definition) is 3. The van der Waals surface area contributed by atoms with Gasteiger partial charge in [0.1, 0.15) is 5.82 Å². The van der Waals surface area contributed by atoms with Crippen LogP contribution in [0.1, 0.15) is 47.9 Å². The van der Waals surface area contributed by atoms with Crippen LogP contribution in [0.15, 0.2) is 77.7 Å². The highest BCUT2D eigenvalue weighted by Crippen LogP contribution is 2.31. The van der Waals surface area contributed by atoms with Crippen LogP contribution in [0, 0.1) is 25.6 Å². The van der Waals surface area contributed by atoms with Gasteiger partial charge in [-0.15, -0.1) is 0 Å². The van der Waals surface area contributed by atoms with Crippen molar-refractivity contribution in [1.29, 1.82) is 0 Å². The average Bonchev–Trinajstić information content (AvgIpc) is 2.90. The zero-order valence-corrected chi connectivity index (χ0v) is 22.3. The largest absolute Gasteiger partial charge is 0.338 e. The van der Waals surface area contributed by atoms with E-state index in [4.69, 9.17) is 0 Å². The van der Waals surface area contributed by atoms with Gasteiger partial charge in [0.15, 0.2) is 0 Å². The fourth-order valence-electron chi connectivity index (χ4n) is 5.13. The van der Waals surface area contributed by atoms with Crippen molar-refractivity contribution in [3.8, 4) is 0 Å². The van der Waals surface area contributed by atoms with Gasteiger partial charge in [-0.1, -0.05) is 66.2 Å². The highest BCUT2D eigenvalue weighted by Gasteiger charge is 2.32. The Kier molecular flexibility index (Phi) is 8.77. The van der Waals surface area contributed by atoms with Crippen LogP contribution in [-0.2, 0) is 27.9 Å². The van der Waals surface area contributed by atoms with Gasteiger partial charge in [-0.2, -0.15) is 4.31 Å². The maximum atomic E-state index is 14.0. The lowest BCUT2D eigenvalue weighted by molar-refractivity contribution is -0.121. The first kappa shape index (κ1) is 27.0. The minimum atomic E-state index is -3.90. The van der Waals surface area contributed by atoms with E-state index in [1.54, 1.807) is 6.92 Å². The lowest BCUT2D eigenvalue weighted by atomic mass is 9.85. The van der Waals surface area contributed by atoms with E-state index < -0.39 is 15.8 Å². The number of carbonyl (C=O) groups is 1. The standard InChI is InChI=1S/C30H35FN2O3S/c1-23-8-11-26(12-9-23)19-32(22-34)29-16-13-27(14-17-29)21-33(20-25-6-4-3-5-7-25)37(35,36)30-18-28(31)15-10-24(30)2/h3-12,15,18,22,27,29H,13-14,16-17,19-21H2,1-2H3. The summed E-state index contributed by atoms with van der Waals surface area (Å²) in [7, 11) is -3.90. The van der Waals surface area contributed by atoms with Gasteiger partial charge in [0.2, 0.25) is 16.4 Å². The summed E-state index contributed by atoms with van der Waals surface area (Å²) in [5, 5.41) is 0. The quantitative estimate of drug-likeness (QED) is 0.314. The summed E-state index contributed by atoms with van der Waals surface area (Å²) in [6.45, 7) is 4.90. The molecule has 1 amide bonds. The van der Waals surface area contributed by atoms with Gasteiger partial charge >= 0.3 is 0 Å². The van der Waals surface area contributed by atoms with E-state index in [-0.39, 0.29) is 23.4 Å². The molecule has 4 rings (SSSR count). The first-order valence-electron chi connectivity index (χ1n) is 12.8. The second kappa shape index (κ2) is 12.0. The van der Waals surface area contributed by atoms with E-state index in [1.807, 2.05) is 42.2 Å². The number of nitrogens with zero attached hydrogens (tertiary/aromatic N) is 2. The zero-order chi connectivity index (χ0) is 26.4. The summed E-state index contributed by atoms with van der Waals surface area (Å²) in [4.78, 5) is 13.8. The van der Waals surface area contributed by atoms with Gasteiger partial charge < -0.3 is 4.90 Å². The Balaban J connectivity index is 1.47. The van der Waals surface area contributed by atoms with Gasteiger partial charge in [0, 0.05) is 25.7 Å². The van der Waals surface area contributed by atoms with Gasteiger partial charge in [-0.3, -0.25) is 4.79 Å². The first-order valence-corrected chi connectivity index (χ1v) is 14.3. The molecule has 3 aromatic rings. The van der Waals surface area contributed by atoms with Gasteiger partial charge in [0.25, 0.3) is 0 Å². The Morgan fingerprint density at radius 2 is 1.51 bits per heavy atom. The Hall–Kier alpha value is -3.03. The molecule has 0 heterocycles. The molecule has 1 fully saturated rings. The maximum absolute atomic E-state index is 14.0. The molecule has 0 radical (unpaired) electrons. The molecule has 3 aromatic carbocycles. The number of rotatable bonds is 10. The molecule has 0 bridgehead atoms. The molecule has 0 aromatic heterocycles. The first-order chi connectivity index (χ1) is 17.8. The maximum Gasteiger partial charge on any atom is 0.243 e. The van der Waals surface area contributed by atoms with Crippen LogP contribution in [0.4, 0.5) is 4.39 Å². The second-order valence-corrected chi connectivity index (χ2v) is 12.0. The number of carbonyl (C=O) groups excluding carboxylic acids is 1. The van der Waals surface area contributed by atoms with Gasteiger partial charge in [-0.05, 0) is 74.3 Å². The summed E-state index contributed by atoms with van der Waals surface area (Å²) in [5.41, 5.74) is 3.70. The van der Waals surface area contributed by atoms with Crippen LogP contribution in [-0.4, -0.2) is 36.6 Å². The predicted octanol–water partition coefficient (Wildman–Crippen LogP) is 5.85. The number of amides is 1. The smallest absolute Gasteiger partial charge is 0.243 e. The van der Waals surface area contributed by atoms with Crippen LogP contribution in [0.5, 0.6) is 0 Å². The number of halogens is 1. The Labute approximate surface area is 220 Å². The highest BCUT2D eigenvalue weighted by atomic mass is 32.2. The van der Waals surface area contributed by atoms with Crippen molar-refractivity contribution in [1.82, 2.24) is 9.21 Å². The molecule has 0 unspecified atom stereocenters. The average molecular weight is 523 g/mol. The SMILES string of the molecule is Cc1ccc(CN(C=O)C2CCC(CN(Cc3ccccc3)S(=O)(=O)c3cc(F)ccc3C)CC2)cc1. The number of aryl methyl sites for hydroxylation is 2. The molecular formula is C30H35FN2O3S. The molecule has 1 saturated carbocycles. The molecule has 196 valence electrons. The van der Waals surface area contributed by atoms with Crippen molar-refractivity contribution >= 4 is 16.4 Å². The summed E-state index contributed by atoms with van der Waals surface area (Å²) in [6.07, 6.45) is 4.24. The summed E-state index contributed by atoms with van der Waals surface area (Å²) in [5.74, 6) is -0.400. The zero-order valence-electron chi connectivity index (χ0n) is 21.5. The van der Waals surface area contributed by atoms with Crippen molar-refractivity contribution < 1.29 is 17.6 Å². The number of sulfonamides is 1.